The summed E-state index contributed by atoms with van der Waals surface area (Å²) in [4.78, 5) is 164. The molecule has 1 heterocycles. The molecule has 0 aromatic heterocycles. The largest absolute Gasteiger partial charge is 0.481 e. The summed E-state index contributed by atoms with van der Waals surface area (Å²) in [6, 6.07) is -0.444. The minimum atomic E-state index is -1.86. The smallest absolute Gasteiger partial charge is 0.305 e. The SMILES string of the molecule is C/C(=N/O)C(C)(C)NCCC(CCNC(=O)CCCC(=O)NCCCC[C@@H]1NC(=O)CSC[C@@H](C(N)=O)NC[C@](C=O)(Cc2ccccc2)NC(=O)[C@H](CS)NC(=O)[C@H](CC(=O)O)NC(=O)CNC(=O)[C@H](CCCN=C(N)N)NC(=O)C(CS)NC1=O)CCNC(C)(C)/C(C)=N\O. The van der Waals surface area contributed by atoms with Crippen molar-refractivity contribution in [2.75, 3.05) is 68.8 Å². The number of aliphatic carboxylic acids is 1. The zero-order valence-corrected chi connectivity index (χ0v) is 58.7. The number of carbonyl (C=O) groups is 12. The number of carboxylic acid groups (broad SMARTS) is 1. The van der Waals surface area contributed by atoms with Crippen LogP contribution in [0, 0.1) is 5.92 Å². The van der Waals surface area contributed by atoms with Crippen LogP contribution in [-0.2, 0) is 64.0 Å². The average Bonchev–Trinajstić information content (AvgIpc) is 0.930. The Morgan fingerprint density at radius 2 is 1.20 bits per heavy atom. The summed E-state index contributed by atoms with van der Waals surface area (Å²) < 4.78 is 0. The van der Waals surface area contributed by atoms with Crippen LogP contribution in [-0.4, -0.2) is 226 Å². The quantitative estimate of drug-likeness (QED) is 0.00630. The molecule has 1 aliphatic rings. The predicted molar refractivity (Wildman–Crippen MR) is 373 cm³/mol. The minimum absolute atomic E-state index is 0.00709. The number of rotatable bonds is 34. The number of guanidine groups is 1. The van der Waals surface area contributed by atoms with E-state index in [1.807, 2.05) is 27.7 Å². The molecule has 0 aliphatic carbocycles. The monoisotopic (exact) mass is 1420 g/mol. The van der Waals surface area contributed by atoms with Crippen LogP contribution in [0.4, 0.5) is 0 Å². The summed E-state index contributed by atoms with van der Waals surface area (Å²) in [5, 5.41) is 67.8. The number of amides is 10. The topological polar surface area (TPSA) is 525 Å². The molecule has 1 fully saturated rings. The highest BCUT2D eigenvalue weighted by Gasteiger charge is 2.38. The van der Waals surface area contributed by atoms with Crippen molar-refractivity contribution in [1.82, 2.24) is 63.8 Å². The highest BCUT2D eigenvalue weighted by Crippen LogP contribution is 2.18. The lowest BCUT2D eigenvalue weighted by atomic mass is 9.91. The van der Waals surface area contributed by atoms with Crippen LogP contribution in [0.5, 0.6) is 0 Å². The van der Waals surface area contributed by atoms with Gasteiger partial charge in [0, 0.05) is 62.7 Å². The molecule has 1 aromatic rings. The molecule has 1 saturated heterocycles. The van der Waals surface area contributed by atoms with Crippen molar-refractivity contribution in [1.29, 1.82) is 0 Å². The first kappa shape index (κ1) is 85.3. The maximum atomic E-state index is 14.2. The number of thioether (sulfide) groups is 1. The number of nitrogens with one attached hydrogen (secondary N) is 12. The Balaban J connectivity index is 2.34. The van der Waals surface area contributed by atoms with Crippen molar-refractivity contribution in [2.24, 2.45) is 38.4 Å². The molecule has 21 N–H and O–H groups in total. The van der Waals surface area contributed by atoms with Gasteiger partial charge in [-0.05, 0) is 124 Å². The number of hydrogen-bond donors (Lipinski definition) is 20. The summed E-state index contributed by atoms with van der Waals surface area (Å²) in [5.74, 6) is -11.0. The minimum Gasteiger partial charge on any atom is -0.481 e. The van der Waals surface area contributed by atoms with Crippen molar-refractivity contribution in [2.45, 2.75) is 178 Å². The summed E-state index contributed by atoms with van der Waals surface area (Å²) in [6.07, 6.45) is 2.23. The first-order chi connectivity index (χ1) is 45.8. The van der Waals surface area contributed by atoms with Gasteiger partial charge in [0.15, 0.2) is 5.96 Å². The number of primary amides is 1. The fourth-order valence-electron chi connectivity index (χ4n) is 9.59. The van der Waals surface area contributed by atoms with Crippen LogP contribution >= 0.6 is 37.0 Å². The van der Waals surface area contributed by atoms with E-state index in [2.05, 4.69) is 104 Å². The van der Waals surface area contributed by atoms with Crippen molar-refractivity contribution in [3.63, 3.8) is 0 Å². The molecule has 97 heavy (non-hydrogen) atoms. The van der Waals surface area contributed by atoms with Gasteiger partial charge in [-0.1, -0.05) is 40.6 Å². The van der Waals surface area contributed by atoms with Crippen molar-refractivity contribution in [3.8, 4) is 0 Å². The summed E-state index contributed by atoms with van der Waals surface area (Å²) in [5.41, 5.74) is 15.4. The maximum Gasteiger partial charge on any atom is 0.305 e. The van der Waals surface area contributed by atoms with Crippen LogP contribution in [0.15, 0.2) is 45.6 Å². The number of hydrogen-bond acceptors (Lipinski definition) is 23. The highest BCUT2D eigenvalue weighted by atomic mass is 32.2. The van der Waals surface area contributed by atoms with Crippen LogP contribution in [0.1, 0.15) is 124 Å². The highest BCUT2D eigenvalue weighted by molar-refractivity contribution is 8.00. The van der Waals surface area contributed by atoms with Gasteiger partial charge in [0.25, 0.3) is 0 Å². The second-order valence-electron chi connectivity index (χ2n) is 24.6. The van der Waals surface area contributed by atoms with Crippen molar-refractivity contribution in [3.05, 3.63) is 35.9 Å². The van der Waals surface area contributed by atoms with Gasteiger partial charge >= 0.3 is 5.97 Å². The van der Waals surface area contributed by atoms with Crippen LogP contribution in [0.3, 0.4) is 0 Å². The van der Waals surface area contributed by atoms with Gasteiger partial charge < -0.3 is 101 Å². The molecule has 10 amide bonds. The number of aliphatic imine (C=N–C) groups is 1. The third-order valence-corrected chi connectivity index (χ3v) is 17.8. The second-order valence-corrected chi connectivity index (χ2v) is 26.3. The molecule has 1 unspecified atom stereocenters. The molecule has 0 saturated carbocycles. The van der Waals surface area contributed by atoms with E-state index in [1.54, 1.807) is 44.2 Å². The van der Waals surface area contributed by atoms with Gasteiger partial charge in [-0.15, -0.1) is 11.8 Å². The first-order valence-electron chi connectivity index (χ1n) is 32.0. The number of thiol groups is 2. The lowest BCUT2D eigenvalue weighted by Crippen LogP contribution is -2.64. The van der Waals surface area contributed by atoms with E-state index in [-0.39, 0.29) is 105 Å². The molecule has 33 nitrogen and oxygen atoms in total. The first-order valence-corrected chi connectivity index (χ1v) is 34.4. The van der Waals surface area contributed by atoms with E-state index in [0.29, 0.717) is 55.7 Å². The van der Waals surface area contributed by atoms with E-state index in [0.717, 1.165) is 24.6 Å². The van der Waals surface area contributed by atoms with Crippen molar-refractivity contribution >= 4 is 126 Å². The lowest BCUT2D eigenvalue weighted by molar-refractivity contribution is -0.141. The molecular weight excluding hydrogens is 1320 g/mol. The van der Waals surface area contributed by atoms with Gasteiger partial charge in [0.1, 0.15) is 42.0 Å². The molecular formula is C61H102N18O15S3. The van der Waals surface area contributed by atoms with Gasteiger partial charge in [-0.25, -0.2) is 0 Å². The third kappa shape index (κ3) is 33.8. The maximum absolute atomic E-state index is 14.2. The van der Waals surface area contributed by atoms with Gasteiger partial charge in [0.2, 0.25) is 59.1 Å². The Hall–Kier alpha value is -7.80. The van der Waals surface area contributed by atoms with E-state index >= 15 is 0 Å². The van der Waals surface area contributed by atoms with E-state index in [1.165, 1.54) is 0 Å². The molecule has 544 valence electrons. The van der Waals surface area contributed by atoms with Gasteiger partial charge in [-0.2, -0.15) is 25.3 Å². The molecule has 0 bridgehead atoms. The Kier molecular flexibility index (Phi) is 39.5. The van der Waals surface area contributed by atoms with Crippen molar-refractivity contribution < 1.29 is 73.1 Å². The fraction of sp³-hybridized carbons (Fsp3) is 0.656. The zero-order chi connectivity index (χ0) is 72.7. The second kappa shape index (κ2) is 44.9. The number of carboxylic acids is 1. The number of unbranched alkanes of at least 4 members (excludes halogenated alkanes) is 1. The number of nitrogens with zero attached hydrogens (tertiary/aromatic N) is 3. The Bertz CT molecular complexity index is 2840. The summed E-state index contributed by atoms with van der Waals surface area (Å²) in [7, 11) is 0. The normalized spacial score (nSPS) is 21.7. The number of aldehydes is 1. The fourth-order valence-corrected chi connectivity index (χ4v) is 11.0. The van der Waals surface area contributed by atoms with E-state index < -0.39 is 131 Å². The van der Waals surface area contributed by atoms with Crippen LogP contribution in [0.25, 0.3) is 0 Å². The van der Waals surface area contributed by atoms with E-state index in [4.69, 9.17) is 17.2 Å². The molecule has 1 aliphatic heterocycles. The molecule has 1 aromatic carbocycles. The van der Waals surface area contributed by atoms with E-state index in [9.17, 15) is 73.1 Å². The zero-order valence-electron chi connectivity index (χ0n) is 56.1. The number of nitrogens with two attached hydrogens (primary N) is 3. The van der Waals surface area contributed by atoms with Crippen LogP contribution in [0.2, 0.25) is 0 Å². The average molecular weight is 1420 g/mol. The van der Waals surface area contributed by atoms with Crippen LogP contribution < -0.4 is 81.0 Å². The lowest BCUT2D eigenvalue weighted by Gasteiger charge is -2.33. The summed E-state index contributed by atoms with van der Waals surface area (Å²) >= 11 is 9.41. The molecule has 2 rings (SSSR count). The Morgan fingerprint density at radius 1 is 0.680 bits per heavy atom. The van der Waals surface area contributed by atoms with Gasteiger partial charge in [0.05, 0.1) is 47.3 Å². The number of benzene rings is 1. The molecule has 0 spiro atoms. The summed E-state index contributed by atoms with van der Waals surface area (Å²) in [6.45, 7) is 11.5. The standard InChI is InChI=1S/C61H102N18O15S3/c1-37(78-93)59(3,4)70-26-21-39(22-27-71-60(5,6)38(2)79-94)20-25-66-48(82)19-12-18-47(81)65-23-11-10-16-42-54(89)75-44(31-95)56(91)74-41(17-13-24-67-58(63)64)53(88)68-30-49(83)73-43(28-51(85)86)55(90)76-45(32-96)57(92)77-61(36-80,29-40-14-8-7-9-15-40)35-69-46(52(62)87)33-97-34-50(84)72-42/h7-9,14-15,36,39,41-46,69-71,93-96H,10-13,16-35H2,1-6H3,(H2,62,87)(H,65,81)(H,66,82)(H,68,88)(H,72,84)(H,73,83)(H,74,91)(H,75,89)(H,76,90)(H,77,92)(H,85,86)(H4,63,64,67)/b78-37-,79-38-/t41-,42-,43-,44?,45-,46-,61-/m0/s1. The molecule has 0 radical (unpaired) electrons. The predicted octanol–water partition coefficient (Wildman–Crippen LogP) is -2.80. The molecule has 7 atom stereocenters. The Labute approximate surface area is 580 Å². The molecule has 36 heteroatoms. The Morgan fingerprint density at radius 3 is 1.74 bits per heavy atom. The third-order valence-electron chi connectivity index (χ3n) is 16.1. The van der Waals surface area contributed by atoms with Gasteiger partial charge in [-0.3, -0.25) is 57.7 Å². The number of oxime groups is 2. The number of carbonyl (C=O) groups excluding carboxylic acids is 11.